The van der Waals surface area contributed by atoms with Crippen LogP contribution in [-0.4, -0.2) is 29.5 Å². The predicted octanol–water partition coefficient (Wildman–Crippen LogP) is 4.33. The number of nitrogens with zero attached hydrogens (tertiary/aromatic N) is 5. The highest BCUT2D eigenvalue weighted by molar-refractivity contribution is 6.05. The van der Waals surface area contributed by atoms with Crippen LogP contribution in [-0.2, 0) is 6.18 Å². The Morgan fingerprint density at radius 1 is 1.10 bits per heavy atom. The summed E-state index contributed by atoms with van der Waals surface area (Å²) in [6.45, 7) is -1.71. The van der Waals surface area contributed by atoms with Crippen molar-refractivity contribution in [2.45, 2.75) is 19.6 Å². The van der Waals surface area contributed by atoms with Gasteiger partial charge in [0.1, 0.15) is 11.3 Å². The molecule has 0 aliphatic rings. The molecule has 4 heterocycles. The molecule has 0 aliphatic carbocycles. The van der Waals surface area contributed by atoms with Crippen molar-refractivity contribution in [2.75, 3.05) is 0 Å². The largest absolute Gasteiger partial charge is 0.433 e. The first-order valence-corrected chi connectivity index (χ1v) is 8.91. The third kappa shape index (κ3) is 2.71. The smallest absolute Gasteiger partial charge is 0.278 e. The Labute approximate surface area is 168 Å². The lowest BCUT2D eigenvalue weighted by atomic mass is 10.1. The molecular formula is C19H11F5N6O. The Kier molecular flexibility index (Phi) is 3.91. The fourth-order valence-electron chi connectivity index (χ4n) is 3.73. The first kappa shape index (κ1) is 19.2. The number of aromatic nitrogens is 6. The van der Waals surface area contributed by atoms with Gasteiger partial charge < -0.3 is 0 Å². The number of aromatic amines is 1. The number of aryl methyl sites for hydroxylation is 1. The molecule has 0 saturated carbocycles. The number of nitrogens with one attached hydrogen (secondary N) is 1. The minimum atomic E-state index is -4.77. The van der Waals surface area contributed by atoms with E-state index in [4.69, 9.17) is 0 Å². The summed E-state index contributed by atoms with van der Waals surface area (Å²) >= 11 is 0. The number of hydrogen-bond donors (Lipinski definition) is 1. The van der Waals surface area contributed by atoms with Crippen LogP contribution in [0.4, 0.5) is 22.0 Å². The number of rotatable bonds is 2. The number of halogens is 5. The van der Waals surface area contributed by atoms with E-state index in [9.17, 15) is 26.7 Å². The summed E-state index contributed by atoms with van der Waals surface area (Å²) in [7, 11) is 0. The molecule has 0 spiro atoms. The minimum absolute atomic E-state index is 0.0251. The van der Waals surface area contributed by atoms with E-state index in [1.807, 2.05) is 0 Å². The van der Waals surface area contributed by atoms with Crippen molar-refractivity contribution in [3.63, 3.8) is 0 Å². The van der Waals surface area contributed by atoms with E-state index in [0.717, 1.165) is 16.7 Å². The minimum Gasteiger partial charge on any atom is -0.278 e. The number of H-pyrrole nitrogens is 1. The van der Waals surface area contributed by atoms with E-state index >= 15 is 0 Å². The average Bonchev–Trinajstić information content (AvgIpc) is 3.32. The fraction of sp³-hybridized carbons (Fsp3) is 0.158. The molecule has 0 aliphatic heterocycles. The molecule has 1 aromatic carbocycles. The molecule has 0 fully saturated rings. The highest BCUT2D eigenvalue weighted by Gasteiger charge is 2.34. The van der Waals surface area contributed by atoms with E-state index in [0.29, 0.717) is 15.6 Å². The van der Waals surface area contributed by atoms with Crippen LogP contribution in [0.3, 0.4) is 0 Å². The number of pyridine rings is 2. The lowest BCUT2D eigenvalue weighted by Gasteiger charge is -2.13. The van der Waals surface area contributed by atoms with Gasteiger partial charge in [-0.1, -0.05) is 6.07 Å². The quantitative estimate of drug-likeness (QED) is 0.420. The molecule has 0 unspecified atom stereocenters. The standard InChI is InChI=1S/C19H11F5N6O/c1-8-14-9-5-6-13(19(22,23)24)26-16(9)29(17(31)15(14)28-30(8)18(20)21)12-4-2-3-11-10(12)7-25-27-11/h2-7,18H,1H3,(H,25,27). The first-order chi connectivity index (χ1) is 14.7. The fourth-order valence-corrected chi connectivity index (χ4v) is 3.73. The van der Waals surface area contributed by atoms with E-state index in [2.05, 4.69) is 20.3 Å². The molecule has 7 nitrogen and oxygen atoms in total. The lowest BCUT2D eigenvalue weighted by Crippen LogP contribution is -2.21. The van der Waals surface area contributed by atoms with Gasteiger partial charge in [0.25, 0.3) is 5.56 Å². The Balaban J connectivity index is 2.03. The summed E-state index contributed by atoms with van der Waals surface area (Å²) < 4.78 is 68.3. The summed E-state index contributed by atoms with van der Waals surface area (Å²) in [5.41, 5.74) is -2.04. The van der Waals surface area contributed by atoms with Gasteiger partial charge in [0.05, 0.1) is 23.1 Å². The molecule has 5 aromatic rings. The van der Waals surface area contributed by atoms with Crippen molar-refractivity contribution in [2.24, 2.45) is 0 Å². The Morgan fingerprint density at radius 3 is 2.58 bits per heavy atom. The summed E-state index contributed by atoms with van der Waals surface area (Å²) in [5, 5.41) is 10.9. The van der Waals surface area contributed by atoms with Gasteiger partial charge in [-0.05, 0) is 31.2 Å². The molecule has 0 atom stereocenters. The molecule has 0 bridgehead atoms. The molecule has 5 rings (SSSR count). The zero-order valence-corrected chi connectivity index (χ0v) is 15.6. The molecule has 4 aromatic heterocycles. The Morgan fingerprint density at radius 2 is 1.87 bits per heavy atom. The third-order valence-corrected chi connectivity index (χ3v) is 5.09. The first-order valence-electron chi connectivity index (χ1n) is 8.91. The van der Waals surface area contributed by atoms with Crippen LogP contribution in [0.15, 0.2) is 41.3 Å². The number of fused-ring (bicyclic) bond motifs is 4. The van der Waals surface area contributed by atoms with Gasteiger partial charge in [0.15, 0.2) is 5.52 Å². The molecule has 1 N–H and O–H groups in total. The topological polar surface area (TPSA) is 81.4 Å². The SMILES string of the molecule is Cc1c2c(nn1C(F)F)c(=O)n(-c1cccc3[nH]ncc13)c1nc(C(F)(F)F)ccc21. The van der Waals surface area contributed by atoms with Crippen LogP contribution in [0.2, 0.25) is 0 Å². The zero-order valence-electron chi connectivity index (χ0n) is 15.6. The number of alkyl halides is 5. The third-order valence-electron chi connectivity index (χ3n) is 5.09. The number of hydrogen-bond acceptors (Lipinski definition) is 4. The highest BCUT2D eigenvalue weighted by Crippen LogP contribution is 2.33. The zero-order chi connectivity index (χ0) is 22.1. The van der Waals surface area contributed by atoms with E-state index in [-0.39, 0.29) is 33.3 Å². The second kappa shape index (κ2) is 6.33. The molecule has 31 heavy (non-hydrogen) atoms. The van der Waals surface area contributed by atoms with Crippen molar-refractivity contribution >= 4 is 32.8 Å². The van der Waals surface area contributed by atoms with Crippen molar-refractivity contribution in [3.05, 3.63) is 58.3 Å². The lowest BCUT2D eigenvalue weighted by molar-refractivity contribution is -0.141. The van der Waals surface area contributed by atoms with Gasteiger partial charge in [-0.25, -0.2) is 9.67 Å². The maximum atomic E-state index is 13.4. The number of benzene rings is 1. The van der Waals surface area contributed by atoms with Crippen LogP contribution in [0.25, 0.3) is 38.5 Å². The Bertz CT molecular complexity index is 1550. The second-order valence-electron chi connectivity index (χ2n) is 6.85. The van der Waals surface area contributed by atoms with Crippen LogP contribution in [0.5, 0.6) is 0 Å². The second-order valence-corrected chi connectivity index (χ2v) is 6.85. The van der Waals surface area contributed by atoms with Crippen LogP contribution < -0.4 is 5.56 Å². The molecule has 0 radical (unpaired) electrons. The normalized spacial score (nSPS) is 12.6. The van der Waals surface area contributed by atoms with Gasteiger partial charge in [-0.3, -0.25) is 14.5 Å². The van der Waals surface area contributed by atoms with Crippen LogP contribution >= 0.6 is 0 Å². The average molecular weight is 434 g/mol. The molecule has 0 saturated heterocycles. The molecule has 158 valence electrons. The van der Waals surface area contributed by atoms with Crippen molar-refractivity contribution in [1.82, 2.24) is 29.5 Å². The molecular weight excluding hydrogens is 423 g/mol. The van der Waals surface area contributed by atoms with Gasteiger partial charge in [0, 0.05) is 16.2 Å². The van der Waals surface area contributed by atoms with Crippen LogP contribution in [0.1, 0.15) is 17.9 Å². The van der Waals surface area contributed by atoms with Crippen molar-refractivity contribution < 1.29 is 22.0 Å². The summed E-state index contributed by atoms with van der Waals surface area (Å²) in [6.07, 6.45) is -3.36. The van der Waals surface area contributed by atoms with E-state index in [1.54, 1.807) is 12.1 Å². The van der Waals surface area contributed by atoms with Crippen LogP contribution in [0, 0.1) is 6.92 Å². The van der Waals surface area contributed by atoms with Gasteiger partial charge in [0.2, 0.25) is 0 Å². The molecule has 0 amide bonds. The van der Waals surface area contributed by atoms with Crippen molar-refractivity contribution in [1.29, 1.82) is 0 Å². The van der Waals surface area contributed by atoms with E-state index in [1.165, 1.54) is 19.2 Å². The van der Waals surface area contributed by atoms with Gasteiger partial charge >= 0.3 is 12.7 Å². The Hall–Kier alpha value is -3.83. The summed E-state index contributed by atoms with van der Waals surface area (Å²) in [6, 6.07) is 6.61. The summed E-state index contributed by atoms with van der Waals surface area (Å²) in [4.78, 5) is 17.1. The highest BCUT2D eigenvalue weighted by atomic mass is 19.4. The summed E-state index contributed by atoms with van der Waals surface area (Å²) in [5.74, 6) is 0. The van der Waals surface area contributed by atoms with Gasteiger partial charge in [-0.15, -0.1) is 0 Å². The monoisotopic (exact) mass is 434 g/mol. The maximum Gasteiger partial charge on any atom is 0.433 e. The predicted molar refractivity (Wildman–Crippen MR) is 101 cm³/mol. The van der Waals surface area contributed by atoms with Gasteiger partial charge in [-0.2, -0.15) is 32.1 Å². The maximum absolute atomic E-state index is 13.4. The van der Waals surface area contributed by atoms with Crippen molar-refractivity contribution in [3.8, 4) is 5.69 Å². The van der Waals surface area contributed by atoms with E-state index < -0.39 is 24.0 Å². The molecule has 12 heteroatoms.